The molecule has 0 saturated heterocycles. The van der Waals surface area contributed by atoms with Crippen LogP contribution in [0, 0.1) is 0 Å². The first-order valence-corrected chi connectivity index (χ1v) is 9.18. The molecule has 0 bridgehead atoms. The molecule has 0 N–H and O–H groups in total. The number of esters is 1. The highest BCUT2D eigenvalue weighted by atomic mass is 16.5. The van der Waals surface area contributed by atoms with Crippen molar-refractivity contribution < 1.29 is 19.1 Å². The average molecular weight is 377 g/mol. The van der Waals surface area contributed by atoms with Gasteiger partial charge in [0.15, 0.2) is 0 Å². The molecule has 3 aromatic rings. The fraction of sp³-hybridized carbons (Fsp3) is 0.238. The molecule has 0 radical (unpaired) electrons. The summed E-state index contributed by atoms with van der Waals surface area (Å²) < 4.78 is 6.82. The number of hydrogen-bond donors (Lipinski definition) is 0. The monoisotopic (exact) mass is 377 g/mol. The van der Waals surface area contributed by atoms with Crippen LogP contribution < -0.4 is 0 Å². The fourth-order valence-corrected chi connectivity index (χ4v) is 3.43. The molecule has 1 aliphatic rings. The van der Waals surface area contributed by atoms with Gasteiger partial charge in [-0.05, 0) is 43.7 Å². The van der Waals surface area contributed by atoms with Crippen LogP contribution in [0.25, 0.3) is 10.9 Å². The van der Waals surface area contributed by atoms with Crippen molar-refractivity contribution in [3.8, 4) is 0 Å². The van der Waals surface area contributed by atoms with Gasteiger partial charge in [-0.15, -0.1) is 0 Å². The quantitative estimate of drug-likeness (QED) is 0.487. The van der Waals surface area contributed by atoms with Crippen LogP contribution in [0.2, 0.25) is 0 Å². The number of amides is 2. The second kappa shape index (κ2) is 7.26. The van der Waals surface area contributed by atoms with Crippen molar-refractivity contribution in [3.63, 3.8) is 0 Å². The smallest absolute Gasteiger partial charge is 0.338 e. The summed E-state index contributed by atoms with van der Waals surface area (Å²) in [5.74, 6) is -0.849. The van der Waals surface area contributed by atoms with Crippen molar-refractivity contribution in [1.29, 1.82) is 0 Å². The lowest BCUT2D eigenvalue weighted by Crippen LogP contribution is -2.31. The van der Waals surface area contributed by atoms with Gasteiger partial charge >= 0.3 is 5.97 Å². The molecule has 1 aliphatic heterocycles. The van der Waals surface area contributed by atoms with Crippen LogP contribution in [0.5, 0.6) is 0 Å². The lowest BCUT2D eigenvalue weighted by Gasteiger charge is -2.13. The normalized spacial score (nSPS) is 13.2. The number of nitrogens with zero attached hydrogens (tertiary/aromatic N) is 3. The Morgan fingerprint density at radius 1 is 1.04 bits per heavy atom. The van der Waals surface area contributed by atoms with Gasteiger partial charge in [0.05, 0.1) is 35.0 Å². The van der Waals surface area contributed by atoms with Gasteiger partial charge in [0.1, 0.15) is 0 Å². The molecule has 142 valence electrons. The van der Waals surface area contributed by atoms with Crippen LogP contribution in [0.3, 0.4) is 0 Å². The third kappa shape index (κ3) is 3.05. The number of aryl methyl sites for hydroxylation is 1. The van der Waals surface area contributed by atoms with Crippen molar-refractivity contribution in [2.75, 3.05) is 13.2 Å². The van der Waals surface area contributed by atoms with E-state index in [9.17, 15) is 14.4 Å². The van der Waals surface area contributed by atoms with E-state index >= 15 is 0 Å². The number of hydrogen-bond acceptors (Lipinski definition) is 5. The molecule has 0 aliphatic carbocycles. The lowest BCUT2D eigenvalue weighted by atomic mass is 10.1. The molecule has 7 nitrogen and oxygen atoms in total. The third-order valence-electron chi connectivity index (χ3n) is 4.78. The zero-order valence-corrected chi connectivity index (χ0v) is 15.4. The maximum Gasteiger partial charge on any atom is 0.338 e. The van der Waals surface area contributed by atoms with E-state index in [1.807, 2.05) is 10.7 Å². The first-order chi connectivity index (χ1) is 13.6. The molecule has 2 aromatic carbocycles. The van der Waals surface area contributed by atoms with Gasteiger partial charge in [0, 0.05) is 18.5 Å². The Hall–Kier alpha value is -3.48. The highest BCUT2D eigenvalue weighted by Gasteiger charge is 2.34. The van der Waals surface area contributed by atoms with Crippen molar-refractivity contribution in [3.05, 3.63) is 65.4 Å². The van der Waals surface area contributed by atoms with E-state index in [4.69, 9.17) is 4.74 Å². The number of ether oxygens (including phenoxy) is 1. The Morgan fingerprint density at radius 2 is 1.75 bits per heavy atom. The number of fused-ring (bicyclic) bond motifs is 2. The van der Waals surface area contributed by atoms with E-state index in [-0.39, 0.29) is 17.8 Å². The molecular weight excluding hydrogens is 358 g/mol. The third-order valence-corrected chi connectivity index (χ3v) is 4.78. The van der Waals surface area contributed by atoms with Crippen LogP contribution in [0.1, 0.15) is 44.4 Å². The maximum atomic E-state index is 12.4. The number of imide groups is 1. The van der Waals surface area contributed by atoms with E-state index in [0.29, 0.717) is 42.8 Å². The first kappa shape index (κ1) is 17.9. The Labute approximate surface area is 161 Å². The molecule has 28 heavy (non-hydrogen) atoms. The Morgan fingerprint density at radius 3 is 2.43 bits per heavy atom. The Balaban J connectivity index is 1.43. The number of rotatable bonds is 6. The largest absolute Gasteiger partial charge is 0.462 e. The Kier molecular flexibility index (Phi) is 4.65. The molecule has 2 heterocycles. The second-order valence-corrected chi connectivity index (χ2v) is 6.52. The topological polar surface area (TPSA) is 81.5 Å². The van der Waals surface area contributed by atoms with Crippen molar-refractivity contribution in [1.82, 2.24) is 14.7 Å². The minimum absolute atomic E-state index is 0.245. The van der Waals surface area contributed by atoms with Gasteiger partial charge in [-0.1, -0.05) is 12.1 Å². The zero-order chi connectivity index (χ0) is 19.7. The molecule has 2 amide bonds. The molecular formula is C21H19N3O4. The van der Waals surface area contributed by atoms with Crippen molar-refractivity contribution >= 4 is 28.7 Å². The first-order valence-electron chi connectivity index (χ1n) is 9.18. The van der Waals surface area contributed by atoms with E-state index < -0.39 is 0 Å². The lowest BCUT2D eigenvalue weighted by molar-refractivity contribution is 0.0525. The van der Waals surface area contributed by atoms with E-state index in [2.05, 4.69) is 5.10 Å². The summed E-state index contributed by atoms with van der Waals surface area (Å²) in [5, 5.41) is 5.20. The highest BCUT2D eigenvalue weighted by molar-refractivity contribution is 6.21. The highest BCUT2D eigenvalue weighted by Crippen LogP contribution is 2.23. The predicted molar refractivity (Wildman–Crippen MR) is 102 cm³/mol. The number of carbonyl (C=O) groups excluding carboxylic acids is 3. The Bertz CT molecular complexity index is 1050. The number of carbonyl (C=O) groups is 3. The SMILES string of the molecule is CCOC(=O)c1ccc2c(cnn2CCCN2C(=O)c3ccccc3C2=O)c1. The molecule has 1 aromatic heterocycles. The van der Waals surface area contributed by atoms with Crippen LogP contribution in [0.15, 0.2) is 48.7 Å². The van der Waals surface area contributed by atoms with Crippen LogP contribution >= 0.6 is 0 Å². The van der Waals surface area contributed by atoms with Crippen LogP contribution in [-0.4, -0.2) is 45.6 Å². The van der Waals surface area contributed by atoms with Crippen molar-refractivity contribution in [2.24, 2.45) is 0 Å². The molecule has 0 fully saturated rings. The van der Waals surface area contributed by atoms with Gasteiger partial charge in [-0.25, -0.2) is 4.79 Å². The van der Waals surface area contributed by atoms with Gasteiger partial charge in [0.2, 0.25) is 0 Å². The maximum absolute atomic E-state index is 12.4. The minimum Gasteiger partial charge on any atom is -0.462 e. The summed E-state index contributed by atoms with van der Waals surface area (Å²) in [4.78, 5) is 37.9. The summed E-state index contributed by atoms with van der Waals surface area (Å²) in [6.07, 6.45) is 2.28. The van der Waals surface area contributed by atoms with Crippen LogP contribution in [0.4, 0.5) is 0 Å². The molecule has 0 spiro atoms. The number of aromatic nitrogens is 2. The predicted octanol–water partition coefficient (Wildman–Crippen LogP) is 2.90. The average Bonchev–Trinajstić information content (AvgIpc) is 3.22. The van der Waals surface area contributed by atoms with Crippen LogP contribution in [-0.2, 0) is 11.3 Å². The van der Waals surface area contributed by atoms with Gasteiger partial charge in [-0.2, -0.15) is 5.10 Å². The molecule has 0 atom stereocenters. The minimum atomic E-state index is -0.359. The zero-order valence-electron chi connectivity index (χ0n) is 15.4. The summed E-state index contributed by atoms with van der Waals surface area (Å²) in [7, 11) is 0. The molecule has 0 saturated carbocycles. The van der Waals surface area contributed by atoms with Gasteiger partial charge in [-0.3, -0.25) is 19.2 Å². The number of benzene rings is 2. The van der Waals surface area contributed by atoms with Crippen molar-refractivity contribution in [2.45, 2.75) is 19.9 Å². The molecule has 0 unspecified atom stereocenters. The molecule has 7 heteroatoms. The fourth-order valence-electron chi connectivity index (χ4n) is 3.43. The van der Waals surface area contributed by atoms with Gasteiger partial charge < -0.3 is 4.74 Å². The summed E-state index contributed by atoms with van der Waals surface area (Å²) in [6, 6.07) is 12.2. The summed E-state index contributed by atoms with van der Waals surface area (Å²) >= 11 is 0. The van der Waals surface area contributed by atoms with Gasteiger partial charge in [0.25, 0.3) is 11.8 Å². The summed E-state index contributed by atoms with van der Waals surface area (Å²) in [5.41, 5.74) is 2.29. The summed E-state index contributed by atoms with van der Waals surface area (Å²) in [6.45, 7) is 2.97. The van der Waals surface area contributed by atoms with E-state index in [0.717, 1.165) is 10.9 Å². The molecule has 4 rings (SSSR count). The van der Waals surface area contributed by atoms with E-state index in [1.165, 1.54) is 4.90 Å². The second-order valence-electron chi connectivity index (χ2n) is 6.52. The van der Waals surface area contributed by atoms with E-state index in [1.54, 1.807) is 49.5 Å². The standard InChI is InChI=1S/C21H19N3O4/c1-2-28-21(27)14-8-9-18-15(12-14)13-22-24(18)11-5-10-23-19(25)16-6-3-4-7-17(16)20(23)26/h3-4,6-9,12-13H,2,5,10-11H2,1H3.